The molecule has 0 atom stereocenters. The average molecular weight is 1050 g/mol. The van der Waals surface area contributed by atoms with Crippen molar-refractivity contribution in [3.63, 3.8) is 0 Å². The molecule has 74 heavy (non-hydrogen) atoms. The van der Waals surface area contributed by atoms with E-state index in [1.54, 1.807) is 0 Å². The van der Waals surface area contributed by atoms with Crippen molar-refractivity contribution in [1.82, 2.24) is 29.9 Å². The summed E-state index contributed by atoms with van der Waals surface area (Å²) in [4.78, 5) is 30.0. The van der Waals surface area contributed by atoms with E-state index in [1.807, 2.05) is 86.5 Å². The predicted octanol–water partition coefficient (Wildman–Crippen LogP) is 6.94. The van der Waals surface area contributed by atoms with Crippen LogP contribution < -0.4 is 41.7 Å². The second kappa shape index (κ2) is 24.2. The summed E-state index contributed by atoms with van der Waals surface area (Å²) < 4.78 is 78.4. The molecule has 4 aromatic carbocycles. The maximum absolute atomic E-state index is 12.8. The molecule has 6 N–H and O–H groups in total. The largest absolute Gasteiger partial charge is 0.744 e. The van der Waals surface area contributed by atoms with Gasteiger partial charge in [0.25, 0.3) is 0 Å². The normalized spacial score (nSPS) is 12.1. The van der Waals surface area contributed by atoms with Gasteiger partial charge in [-0.25, -0.2) is 16.8 Å². The summed E-state index contributed by atoms with van der Waals surface area (Å²) in [5.74, 6) is 1.00. The van der Waals surface area contributed by atoms with E-state index >= 15 is 0 Å². The first-order valence-electron chi connectivity index (χ1n) is 24.2. The summed E-state index contributed by atoms with van der Waals surface area (Å²) in [6.07, 6.45) is 2.49. The number of likely N-dealkylation sites (N-methyl/N-ethyl adjacent to an activating group) is 2. The van der Waals surface area contributed by atoms with Gasteiger partial charge in [0.15, 0.2) is 0 Å². The van der Waals surface area contributed by atoms with Crippen LogP contribution in [0.5, 0.6) is 0 Å². The minimum Gasteiger partial charge on any atom is -0.744 e. The second-order valence-electron chi connectivity index (χ2n) is 18.5. The summed E-state index contributed by atoms with van der Waals surface area (Å²) in [6.45, 7) is 14.9. The van der Waals surface area contributed by atoms with E-state index in [1.165, 1.54) is 36.4 Å². The molecule has 0 saturated carbocycles. The zero-order valence-corrected chi connectivity index (χ0v) is 45.3. The van der Waals surface area contributed by atoms with Crippen molar-refractivity contribution in [2.45, 2.75) is 37.5 Å². The summed E-state index contributed by atoms with van der Waals surface area (Å²) in [5.41, 5.74) is 3.58. The van der Waals surface area contributed by atoms with Crippen LogP contribution in [-0.4, -0.2) is 159 Å². The lowest BCUT2D eigenvalue weighted by Gasteiger charge is -2.32. The van der Waals surface area contributed by atoms with Crippen LogP contribution in [0.3, 0.4) is 0 Å². The van der Waals surface area contributed by atoms with Crippen LogP contribution in [0, 0.1) is 0 Å². The average Bonchev–Trinajstić information content (AvgIpc) is 3.35. The Labute approximate surface area is 435 Å². The van der Waals surface area contributed by atoms with Crippen molar-refractivity contribution in [3.8, 4) is 0 Å². The number of nitrogens with one attached hydrogen (secondary N) is 6. The molecular formula is C50H68N16O6S2. The highest BCUT2D eigenvalue weighted by Crippen LogP contribution is 2.29. The van der Waals surface area contributed by atoms with Crippen molar-refractivity contribution in [1.29, 1.82) is 0 Å². The summed E-state index contributed by atoms with van der Waals surface area (Å²) in [6, 6.07) is 23.3. The Morgan fingerprint density at radius 3 is 1.03 bits per heavy atom. The number of nitrogens with zero attached hydrogens (tertiary/aromatic N) is 10. The third-order valence-electron chi connectivity index (χ3n) is 13.0. The van der Waals surface area contributed by atoms with Gasteiger partial charge < -0.3 is 59.8 Å². The van der Waals surface area contributed by atoms with Crippen LogP contribution in [0.1, 0.15) is 38.8 Å². The van der Waals surface area contributed by atoms with Gasteiger partial charge in [-0.15, -0.1) is 0 Å². The van der Waals surface area contributed by atoms with Crippen molar-refractivity contribution in [3.05, 3.63) is 96.1 Å². The molecule has 0 radical (unpaired) electrons. The smallest absolute Gasteiger partial charge is 0.233 e. The van der Waals surface area contributed by atoms with Gasteiger partial charge in [0.2, 0.25) is 35.7 Å². The van der Waals surface area contributed by atoms with E-state index < -0.39 is 30.0 Å². The van der Waals surface area contributed by atoms with Crippen molar-refractivity contribution >= 4 is 102 Å². The third-order valence-corrected chi connectivity index (χ3v) is 14.8. The second-order valence-corrected chi connectivity index (χ2v) is 21.2. The van der Waals surface area contributed by atoms with E-state index in [9.17, 15) is 25.9 Å². The minimum atomic E-state index is -5.13. The van der Waals surface area contributed by atoms with Crippen LogP contribution >= 0.6 is 0 Å². The highest BCUT2D eigenvalue weighted by Gasteiger charge is 2.19. The number of aromatic nitrogens is 6. The van der Waals surface area contributed by atoms with Crippen LogP contribution in [0.15, 0.2) is 94.7 Å². The number of benzene rings is 4. The molecule has 396 valence electrons. The van der Waals surface area contributed by atoms with Gasteiger partial charge in [0.05, 0.1) is 76.2 Å². The van der Waals surface area contributed by atoms with Gasteiger partial charge in [-0.05, 0) is 112 Å². The molecule has 0 unspecified atom stereocenters. The molecule has 0 fully saturated rings. The fourth-order valence-corrected chi connectivity index (χ4v) is 8.80. The predicted molar refractivity (Wildman–Crippen MR) is 293 cm³/mol. The topological polar surface area (TPSA) is 270 Å². The third kappa shape index (κ3) is 15.6. The molecular weight excluding hydrogens is 985 g/mol. The molecule has 0 aliphatic heterocycles. The molecule has 0 bridgehead atoms. The zero-order valence-electron chi connectivity index (χ0n) is 43.6. The minimum absolute atomic E-state index is 0.0487. The number of hydrogen-bond donors (Lipinski definition) is 6. The summed E-state index contributed by atoms with van der Waals surface area (Å²) in [5, 5.41) is 19.0. The van der Waals surface area contributed by atoms with E-state index in [0.29, 0.717) is 24.5 Å². The molecule has 0 aliphatic carbocycles. The monoisotopic (exact) mass is 1050 g/mol. The summed E-state index contributed by atoms with van der Waals surface area (Å²) in [7, 11) is 1.84. The first kappa shape index (κ1) is 56.1. The van der Waals surface area contributed by atoms with E-state index in [4.69, 9.17) is 0 Å². The SMILES string of the molecule is CC[N+](C)(CC)CCNc1nc(Nc2ccc(N(C)C)cc2)nc(Nc2ccc(/C=C/c3ccc(Nc4nc(NCC[N+](C)(CC)CC)nc(Nc5ccc(N(C)C)cc5)n4)cc3S(=O)(=O)[O-])c(S(=O)(=O)[O-])c2)n1. The van der Waals surface area contributed by atoms with Crippen LogP contribution in [-0.2, 0) is 20.2 Å². The number of anilines is 12. The fraction of sp³-hybridized carbons (Fsp3) is 0.360. The summed E-state index contributed by atoms with van der Waals surface area (Å²) >= 11 is 0. The Hall–Kier alpha value is -7.22. The molecule has 6 aromatic rings. The molecule has 22 nitrogen and oxygen atoms in total. The Kier molecular flexibility index (Phi) is 18.3. The first-order valence-corrected chi connectivity index (χ1v) is 27.0. The molecule has 24 heteroatoms. The number of rotatable bonds is 26. The van der Waals surface area contributed by atoms with E-state index in [0.717, 1.165) is 71.7 Å². The molecule has 0 spiro atoms. The van der Waals surface area contributed by atoms with Crippen LogP contribution in [0.25, 0.3) is 12.2 Å². The van der Waals surface area contributed by atoms with Crippen molar-refractivity contribution in [2.75, 3.05) is 136 Å². The molecule has 2 heterocycles. The van der Waals surface area contributed by atoms with Gasteiger partial charge in [-0.3, -0.25) is 0 Å². The van der Waals surface area contributed by atoms with E-state index in [2.05, 4.69) is 104 Å². The highest BCUT2D eigenvalue weighted by molar-refractivity contribution is 7.86. The zero-order chi connectivity index (χ0) is 53.8. The van der Waals surface area contributed by atoms with Crippen molar-refractivity contribution < 1.29 is 34.9 Å². The standard InChI is InChI=1S/C50H68N16O6S2/c1-11-65(9,12-2)31-29-51-45-57-47(53-37-21-25-41(26-22-37)63(5)6)61-49(59-45)55-39-19-17-35(43(33-39)73(67,68)69)15-16-36-18-20-40(34-44(36)74(70,71)72)56-50-60-46(52-30-32-66(10,13-3)14-4)58-48(62-50)54-38-23-27-42(28-24-38)64(7)8/h15-28,33-34H,11-14,29-32H2,1-10H3,(H6-2,51,52,53,54,55,56,57,58,59,60,61,62,67,68,69,70,71,72)/b16-15+. The lowest BCUT2D eigenvalue weighted by atomic mass is 10.1. The fourth-order valence-electron chi connectivity index (χ4n) is 7.40. The Bertz CT molecular complexity index is 2910. The van der Waals surface area contributed by atoms with Gasteiger partial charge in [-0.2, -0.15) is 29.9 Å². The highest BCUT2D eigenvalue weighted by atomic mass is 32.2. The molecule has 6 rings (SSSR count). The van der Waals surface area contributed by atoms with E-state index in [-0.39, 0.29) is 58.2 Å². The quantitative estimate of drug-likeness (QED) is 0.0182. The molecule has 0 saturated heterocycles. The lowest BCUT2D eigenvalue weighted by Crippen LogP contribution is -2.46. The van der Waals surface area contributed by atoms with Crippen LogP contribution in [0.4, 0.5) is 69.8 Å². The Morgan fingerprint density at radius 1 is 0.459 bits per heavy atom. The van der Waals surface area contributed by atoms with Crippen LogP contribution in [0.2, 0.25) is 0 Å². The Balaban J connectivity index is 1.27. The first-order chi connectivity index (χ1) is 35.0. The molecule has 0 aliphatic rings. The lowest BCUT2D eigenvalue weighted by molar-refractivity contribution is -0.904. The molecule has 0 amide bonds. The van der Waals surface area contributed by atoms with Gasteiger partial charge >= 0.3 is 0 Å². The number of quaternary nitrogens is 2. The van der Waals surface area contributed by atoms with Gasteiger partial charge in [0, 0.05) is 62.3 Å². The van der Waals surface area contributed by atoms with Gasteiger partial charge in [0.1, 0.15) is 20.2 Å². The maximum Gasteiger partial charge on any atom is 0.233 e. The number of hydrogen-bond acceptors (Lipinski definition) is 20. The Morgan fingerprint density at radius 2 is 0.743 bits per heavy atom. The van der Waals surface area contributed by atoms with Gasteiger partial charge in [-0.1, -0.05) is 24.3 Å². The molecule has 2 aromatic heterocycles. The maximum atomic E-state index is 12.8. The van der Waals surface area contributed by atoms with Crippen molar-refractivity contribution in [2.24, 2.45) is 0 Å².